The van der Waals surface area contributed by atoms with Gasteiger partial charge in [-0.2, -0.15) is 0 Å². The smallest absolute Gasteiger partial charge is 0.357 e. The van der Waals surface area contributed by atoms with Gasteiger partial charge in [-0.1, -0.05) is 30.4 Å². The lowest BCUT2D eigenvalue weighted by Crippen LogP contribution is -2.32. The third-order valence-corrected chi connectivity index (χ3v) is 3.14. The molecule has 0 aromatic heterocycles. The van der Waals surface area contributed by atoms with Gasteiger partial charge in [0.1, 0.15) is 0 Å². The van der Waals surface area contributed by atoms with Crippen LogP contribution in [0.5, 0.6) is 0 Å². The number of hydrogen-bond donors (Lipinski definition) is 0. The number of hydrogen-bond acceptors (Lipinski definition) is 3. The van der Waals surface area contributed by atoms with E-state index in [2.05, 4.69) is 12.2 Å². The zero-order valence-corrected chi connectivity index (χ0v) is 8.87. The summed E-state index contributed by atoms with van der Waals surface area (Å²) in [5.41, 5.74) is 0.606. The van der Waals surface area contributed by atoms with Crippen LogP contribution in [-0.4, -0.2) is 23.6 Å². The monoisotopic (exact) mass is 215 g/mol. The zero-order valence-electron chi connectivity index (χ0n) is 8.87. The molecule has 0 amide bonds. The average molecular weight is 215 g/mol. The normalized spacial score (nSPS) is 27.2. The van der Waals surface area contributed by atoms with Gasteiger partial charge < -0.3 is 4.84 Å². The van der Waals surface area contributed by atoms with Crippen LogP contribution in [0.25, 0.3) is 0 Å². The Morgan fingerprint density at radius 3 is 2.69 bits per heavy atom. The van der Waals surface area contributed by atoms with Gasteiger partial charge in [0.15, 0.2) is 0 Å². The van der Waals surface area contributed by atoms with Crippen LogP contribution in [0.1, 0.15) is 16.8 Å². The Balaban J connectivity index is 1.68. The topological polar surface area (TPSA) is 29.5 Å². The van der Waals surface area contributed by atoms with Crippen molar-refractivity contribution < 1.29 is 9.63 Å². The summed E-state index contributed by atoms with van der Waals surface area (Å²) in [6.45, 7) is 0.833. The number of rotatable bonds is 2. The Bertz CT molecular complexity index is 427. The van der Waals surface area contributed by atoms with Gasteiger partial charge in [-0.25, -0.2) is 4.79 Å². The second-order valence-electron chi connectivity index (χ2n) is 4.29. The molecule has 1 heterocycles. The molecule has 0 saturated carbocycles. The molecule has 1 aliphatic heterocycles. The third kappa shape index (κ3) is 1.63. The summed E-state index contributed by atoms with van der Waals surface area (Å²) in [5, 5.41) is 1.79. The van der Waals surface area contributed by atoms with Crippen LogP contribution in [0.2, 0.25) is 0 Å². The van der Waals surface area contributed by atoms with E-state index in [0.29, 0.717) is 11.5 Å². The van der Waals surface area contributed by atoms with Crippen LogP contribution in [0, 0.1) is 5.92 Å². The molecule has 1 aromatic rings. The molecule has 2 unspecified atom stereocenters. The first kappa shape index (κ1) is 9.60. The van der Waals surface area contributed by atoms with Gasteiger partial charge in [-0.05, 0) is 24.5 Å². The van der Waals surface area contributed by atoms with Gasteiger partial charge in [0, 0.05) is 6.54 Å². The predicted octanol–water partition coefficient (Wildman–Crippen LogP) is 2.02. The minimum absolute atomic E-state index is 0.262. The Morgan fingerprint density at radius 2 is 2.06 bits per heavy atom. The highest BCUT2D eigenvalue weighted by Crippen LogP contribution is 2.31. The zero-order chi connectivity index (χ0) is 11.0. The Hall–Kier alpha value is -1.61. The highest BCUT2D eigenvalue weighted by Gasteiger charge is 2.36. The molecule has 3 heteroatoms. The van der Waals surface area contributed by atoms with Crippen molar-refractivity contribution in [2.75, 3.05) is 6.54 Å². The van der Waals surface area contributed by atoms with Crippen molar-refractivity contribution in [1.29, 1.82) is 0 Å². The number of carbonyl (C=O) groups is 1. The van der Waals surface area contributed by atoms with E-state index in [-0.39, 0.29) is 12.0 Å². The molecule has 3 nitrogen and oxygen atoms in total. The van der Waals surface area contributed by atoms with Gasteiger partial charge in [0.25, 0.3) is 0 Å². The van der Waals surface area contributed by atoms with E-state index in [1.54, 1.807) is 17.2 Å². The highest BCUT2D eigenvalue weighted by molar-refractivity contribution is 5.89. The summed E-state index contributed by atoms with van der Waals surface area (Å²) in [6.07, 6.45) is 5.41. The number of nitrogens with zero attached hydrogens (tertiary/aromatic N) is 1. The van der Waals surface area contributed by atoms with Crippen LogP contribution in [0.3, 0.4) is 0 Å². The SMILES string of the molecule is O=C(ON1CC2C=CC1C2)c1ccccc1. The largest absolute Gasteiger partial charge is 0.363 e. The van der Waals surface area contributed by atoms with Gasteiger partial charge in [0.05, 0.1) is 11.6 Å². The summed E-state index contributed by atoms with van der Waals surface area (Å²) in [7, 11) is 0. The van der Waals surface area contributed by atoms with Crippen molar-refractivity contribution in [3.8, 4) is 0 Å². The number of hydroxylamine groups is 2. The fourth-order valence-corrected chi connectivity index (χ4v) is 2.31. The fourth-order valence-electron chi connectivity index (χ4n) is 2.31. The molecule has 1 aromatic carbocycles. The van der Waals surface area contributed by atoms with E-state index in [1.807, 2.05) is 18.2 Å². The first-order chi connectivity index (χ1) is 7.83. The number of fused-ring (bicyclic) bond motifs is 2. The summed E-state index contributed by atoms with van der Waals surface area (Å²) < 4.78 is 0. The first-order valence-electron chi connectivity index (χ1n) is 5.55. The minimum atomic E-state index is -0.262. The van der Waals surface area contributed by atoms with Crippen molar-refractivity contribution in [3.05, 3.63) is 48.0 Å². The van der Waals surface area contributed by atoms with Crippen LogP contribution in [-0.2, 0) is 4.84 Å². The second-order valence-corrected chi connectivity index (χ2v) is 4.29. The molecular weight excluding hydrogens is 202 g/mol. The maximum Gasteiger partial charge on any atom is 0.357 e. The van der Waals surface area contributed by atoms with Crippen molar-refractivity contribution >= 4 is 5.97 Å². The summed E-state index contributed by atoms with van der Waals surface area (Å²) >= 11 is 0. The number of benzene rings is 1. The van der Waals surface area contributed by atoms with E-state index in [4.69, 9.17) is 4.84 Å². The molecule has 2 bridgehead atoms. The molecular formula is C13H13NO2. The summed E-state index contributed by atoms with van der Waals surface area (Å²) in [4.78, 5) is 17.2. The summed E-state index contributed by atoms with van der Waals surface area (Å²) in [6, 6.07) is 9.40. The Labute approximate surface area is 94.3 Å². The van der Waals surface area contributed by atoms with Crippen molar-refractivity contribution in [1.82, 2.24) is 5.06 Å². The molecule has 16 heavy (non-hydrogen) atoms. The molecule has 1 saturated heterocycles. The molecule has 0 N–H and O–H groups in total. The molecule has 0 spiro atoms. The lowest BCUT2D eigenvalue weighted by Gasteiger charge is -2.21. The predicted molar refractivity (Wildman–Crippen MR) is 59.6 cm³/mol. The van der Waals surface area contributed by atoms with Crippen LogP contribution in [0.15, 0.2) is 42.5 Å². The van der Waals surface area contributed by atoms with E-state index >= 15 is 0 Å². The average Bonchev–Trinajstić information content (AvgIpc) is 2.92. The molecule has 82 valence electrons. The molecule has 2 aliphatic rings. The third-order valence-electron chi connectivity index (χ3n) is 3.14. The standard InChI is InChI=1S/C13H13NO2/c15-13(11-4-2-1-3-5-11)16-14-9-10-6-7-12(14)8-10/h1-7,10,12H,8-9H2. The molecule has 3 rings (SSSR count). The number of carbonyl (C=O) groups excluding carboxylic acids is 1. The van der Waals surface area contributed by atoms with Crippen molar-refractivity contribution in [2.45, 2.75) is 12.5 Å². The highest BCUT2D eigenvalue weighted by atomic mass is 16.7. The van der Waals surface area contributed by atoms with Gasteiger partial charge in [0.2, 0.25) is 0 Å². The maximum atomic E-state index is 11.8. The van der Waals surface area contributed by atoms with Crippen molar-refractivity contribution in [3.63, 3.8) is 0 Å². The minimum Gasteiger partial charge on any atom is -0.363 e. The van der Waals surface area contributed by atoms with Crippen LogP contribution < -0.4 is 0 Å². The molecule has 1 aliphatic carbocycles. The van der Waals surface area contributed by atoms with E-state index in [0.717, 1.165) is 13.0 Å². The van der Waals surface area contributed by atoms with E-state index in [9.17, 15) is 4.79 Å². The van der Waals surface area contributed by atoms with Crippen LogP contribution in [0.4, 0.5) is 0 Å². The second kappa shape index (κ2) is 3.76. The fraction of sp³-hybridized carbons (Fsp3) is 0.308. The Morgan fingerprint density at radius 1 is 1.25 bits per heavy atom. The molecule has 1 fully saturated rings. The van der Waals surface area contributed by atoms with Gasteiger partial charge in [-0.3, -0.25) is 0 Å². The summed E-state index contributed by atoms with van der Waals surface area (Å²) in [5.74, 6) is 0.301. The Kier molecular flexibility index (Phi) is 2.26. The molecule has 2 atom stereocenters. The van der Waals surface area contributed by atoms with E-state index in [1.165, 1.54) is 0 Å². The van der Waals surface area contributed by atoms with Crippen molar-refractivity contribution in [2.24, 2.45) is 5.92 Å². The first-order valence-corrected chi connectivity index (χ1v) is 5.55. The maximum absolute atomic E-state index is 11.8. The lowest BCUT2D eigenvalue weighted by atomic mass is 10.2. The molecule has 0 radical (unpaired) electrons. The van der Waals surface area contributed by atoms with E-state index < -0.39 is 0 Å². The lowest BCUT2D eigenvalue weighted by molar-refractivity contribution is -0.112. The van der Waals surface area contributed by atoms with Gasteiger partial charge in [-0.15, -0.1) is 5.06 Å². The van der Waals surface area contributed by atoms with Gasteiger partial charge >= 0.3 is 5.97 Å². The van der Waals surface area contributed by atoms with Crippen LogP contribution >= 0.6 is 0 Å². The quantitative estimate of drug-likeness (QED) is 0.707.